The number of halogens is 1. The molecule has 5 rings (SSSR count). The van der Waals surface area contributed by atoms with Gasteiger partial charge in [0.05, 0.1) is 31.1 Å². The van der Waals surface area contributed by atoms with Crippen LogP contribution < -0.4 is 15.4 Å². The van der Waals surface area contributed by atoms with Crippen LogP contribution in [0.15, 0.2) is 47.5 Å². The first-order valence-electron chi connectivity index (χ1n) is 11.4. The van der Waals surface area contributed by atoms with Crippen molar-refractivity contribution < 1.29 is 13.9 Å². The smallest absolute Gasteiger partial charge is 0.254 e. The van der Waals surface area contributed by atoms with Crippen LogP contribution in [0.25, 0.3) is 0 Å². The minimum atomic E-state index is -0.528. The number of aliphatic imine (C=N–C) groups is 1. The minimum Gasteiger partial charge on any atom is -0.494 e. The molecule has 2 heterocycles. The predicted molar refractivity (Wildman–Crippen MR) is 124 cm³/mol. The third-order valence-electron chi connectivity index (χ3n) is 6.82. The van der Waals surface area contributed by atoms with Crippen LogP contribution in [0, 0.1) is 5.82 Å². The van der Waals surface area contributed by atoms with E-state index in [0.29, 0.717) is 24.7 Å². The lowest BCUT2D eigenvalue weighted by Gasteiger charge is -2.47. The largest absolute Gasteiger partial charge is 0.494 e. The molecule has 1 spiro atoms. The number of para-hydroxylation sites is 2. The van der Waals surface area contributed by atoms with E-state index in [-0.39, 0.29) is 11.7 Å². The monoisotopic (exact) mass is 436 g/mol. The first kappa shape index (κ1) is 20.8. The number of benzene rings is 2. The molecule has 0 radical (unpaired) electrons. The first-order valence-corrected chi connectivity index (χ1v) is 11.4. The van der Waals surface area contributed by atoms with Gasteiger partial charge in [-0.3, -0.25) is 9.79 Å². The highest BCUT2D eigenvalue weighted by atomic mass is 19.1. The normalized spacial score (nSPS) is 24.2. The molecule has 1 saturated heterocycles. The number of likely N-dealkylation sites (tertiary alicyclic amines) is 1. The van der Waals surface area contributed by atoms with Gasteiger partial charge in [-0.15, -0.1) is 0 Å². The van der Waals surface area contributed by atoms with Gasteiger partial charge < -0.3 is 20.3 Å². The number of ether oxygens (including phenoxy) is 1. The SMILES string of the molecule is COc1ccc(C(=O)N2CCC[C@]3(C2)Nc2ccccc2NC3=NC2CCCC2)cc1F. The summed E-state index contributed by atoms with van der Waals surface area (Å²) >= 11 is 0. The first-order chi connectivity index (χ1) is 15.6. The van der Waals surface area contributed by atoms with Gasteiger partial charge in [-0.2, -0.15) is 0 Å². The molecule has 0 unspecified atom stereocenters. The molecular formula is C25H29FN4O2. The van der Waals surface area contributed by atoms with Crippen LogP contribution in [-0.2, 0) is 0 Å². The molecule has 2 aliphatic heterocycles. The molecule has 168 valence electrons. The van der Waals surface area contributed by atoms with Gasteiger partial charge in [-0.25, -0.2) is 4.39 Å². The minimum absolute atomic E-state index is 0.136. The number of anilines is 2. The molecule has 1 aliphatic carbocycles. The molecule has 0 bridgehead atoms. The van der Waals surface area contributed by atoms with E-state index in [2.05, 4.69) is 16.7 Å². The van der Waals surface area contributed by atoms with Crippen molar-refractivity contribution in [2.24, 2.45) is 4.99 Å². The fraction of sp³-hybridized carbons (Fsp3) is 0.440. The summed E-state index contributed by atoms with van der Waals surface area (Å²) in [7, 11) is 1.42. The van der Waals surface area contributed by atoms with Crippen LogP contribution in [0.5, 0.6) is 5.75 Å². The van der Waals surface area contributed by atoms with E-state index in [4.69, 9.17) is 9.73 Å². The molecule has 3 aliphatic rings. The van der Waals surface area contributed by atoms with Crippen molar-refractivity contribution in [1.82, 2.24) is 4.90 Å². The third-order valence-corrected chi connectivity index (χ3v) is 6.82. The number of fused-ring (bicyclic) bond motifs is 1. The second-order valence-electron chi connectivity index (χ2n) is 8.97. The van der Waals surface area contributed by atoms with Gasteiger partial charge in [-0.1, -0.05) is 25.0 Å². The second kappa shape index (κ2) is 8.45. The fourth-order valence-electron chi connectivity index (χ4n) is 5.14. The number of rotatable bonds is 3. The zero-order chi connectivity index (χ0) is 22.1. The summed E-state index contributed by atoms with van der Waals surface area (Å²) in [5, 5.41) is 7.30. The number of piperidine rings is 1. The topological polar surface area (TPSA) is 66.0 Å². The zero-order valence-electron chi connectivity index (χ0n) is 18.4. The van der Waals surface area contributed by atoms with Gasteiger partial charge in [0.2, 0.25) is 0 Å². The maximum atomic E-state index is 14.2. The van der Waals surface area contributed by atoms with Crippen LogP contribution in [0.2, 0.25) is 0 Å². The van der Waals surface area contributed by atoms with E-state index in [1.807, 2.05) is 23.1 Å². The van der Waals surface area contributed by atoms with Crippen molar-refractivity contribution in [2.75, 3.05) is 30.8 Å². The van der Waals surface area contributed by atoms with Crippen molar-refractivity contribution in [3.05, 3.63) is 53.8 Å². The molecule has 0 aromatic heterocycles. The Morgan fingerprint density at radius 1 is 1.16 bits per heavy atom. The maximum Gasteiger partial charge on any atom is 0.254 e. The molecule has 32 heavy (non-hydrogen) atoms. The highest BCUT2D eigenvalue weighted by molar-refractivity contribution is 6.10. The molecule has 1 atom stereocenters. The molecule has 2 aromatic carbocycles. The summed E-state index contributed by atoms with van der Waals surface area (Å²) in [5.74, 6) is 0.352. The predicted octanol–water partition coefficient (Wildman–Crippen LogP) is 4.69. The number of amidine groups is 1. The summed E-state index contributed by atoms with van der Waals surface area (Å²) in [6, 6.07) is 12.8. The Bertz CT molecular complexity index is 1050. The average Bonchev–Trinajstić information content (AvgIpc) is 3.32. The van der Waals surface area contributed by atoms with E-state index in [1.165, 1.54) is 32.1 Å². The molecule has 7 heteroatoms. The third kappa shape index (κ3) is 3.80. The Hall–Kier alpha value is -3.09. The van der Waals surface area contributed by atoms with Crippen molar-refractivity contribution in [2.45, 2.75) is 50.1 Å². The van der Waals surface area contributed by atoms with Crippen LogP contribution in [0.1, 0.15) is 48.9 Å². The van der Waals surface area contributed by atoms with Gasteiger partial charge in [0.15, 0.2) is 11.6 Å². The number of carbonyl (C=O) groups is 1. The van der Waals surface area contributed by atoms with Crippen molar-refractivity contribution in [3.63, 3.8) is 0 Å². The second-order valence-corrected chi connectivity index (χ2v) is 8.97. The maximum absolute atomic E-state index is 14.2. The standard InChI is InChI=1S/C25H29FN4O2/c1-32-22-12-11-17(15-19(22)26)23(31)30-14-6-13-25(16-30)24(27-18-7-2-3-8-18)28-20-9-4-5-10-21(20)29-25/h4-5,9-12,15,18,29H,2-3,6-8,13-14,16H2,1H3,(H,27,28)/t25-/m1/s1. The zero-order valence-corrected chi connectivity index (χ0v) is 18.4. The highest BCUT2D eigenvalue weighted by Gasteiger charge is 2.45. The summed E-state index contributed by atoms with van der Waals surface area (Å²) in [6.45, 7) is 1.11. The number of hydrogen-bond acceptors (Lipinski definition) is 4. The highest BCUT2D eigenvalue weighted by Crippen LogP contribution is 2.37. The van der Waals surface area contributed by atoms with Crippen LogP contribution in [0.3, 0.4) is 0 Å². The number of carbonyl (C=O) groups excluding carboxylic acids is 1. The van der Waals surface area contributed by atoms with Crippen LogP contribution in [-0.4, -0.2) is 48.4 Å². The molecule has 1 amide bonds. The Balaban J connectivity index is 1.46. The van der Waals surface area contributed by atoms with Crippen molar-refractivity contribution in [1.29, 1.82) is 0 Å². The van der Waals surface area contributed by atoms with Crippen LogP contribution >= 0.6 is 0 Å². The number of nitrogens with zero attached hydrogens (tertiary/aromatic N) is 2. The fourth-order valence-corrected chi connectivity index (χ4v) is 5.14. The summed E-state index contributed by atoms with van der Waals surface area (Å²) < 4.78 is 19.2. The van der Waals surface area contributed by atoms with E-state index in [9.17, 15) is 9.18 Å². The molecule has 6 nitrogen and oxygen atoms in total. The lowest BCUT2D eigenvalue weighted by molar-refractivity contribution is 0.0693. The van der Waals surface area contributed by atoms with Crippen LogP contribution in [0.4, 0.5) is 15.8 Å². The van der Waals surface area contributed by atoms with Gasteiger partial charge in [0, 0.05) is 12.1 Å². The average molecular weight is 437 g/mol. The Morgan fingerprint density at radius 2 is 1.94 bits per heavy atom. The van der Waals surface area contributed by atoms with Gasteiger partial charge in [0.25, 0.3) is 5.91 Å². The van der Waals surface area contributed by atoms with E-state index < -0.39 is 11.4 Å². The number of methoxy groups -OCH3 is 1. The lowest BCUT2D eigenvalue weighted by atomic mass is 9.84. The molecule has 2 N–H and O–H groups in total. The Labute approximate surface area is 187 Å². The summed E-state index contributed by atoms with van der Waals surface area (Å²) in [4.78, 5) is 20.3. The molecular weight excluding hydrogens is 407 g/mol. The quantitative estimate of drug-likeness (QED) is 0.733. The molecule has 1 saturated carbocycles. The Kier molecular flexibility index (Phi) is 5.49. The number of nitrogens with one attached hydrogen (secondary N) is 2. The molecule has 2 aromatic rings. The van der Waals surface area contributed by atoms with Gasteiger partial charge in [-0.05, 0) is 56.0 Å². The van der Waals surface area contributed by atoms with E-state index >= 15 is 0 Å². The Morgan fingerprint density at radius 3 is 2.69 bits per heavy atom. The lowest BCUT2D eigenvalue weighted by Crippen LogP contribution is -2.62. The van der Waals surface area contributed by atoms with Crippen molar-refractivity contribution >= 4 is 23.1 Å². The van der Waals surface area contributed by atoms with E-state index in [0.717, 1.165) is 42.9 Å². The number of amides is 1. The van der Waals surface area contributed by atoms with Crippen molar-refractivity contribution in [3.8, 4) is 5.75 Å². The number of hydrogen-bond donors (Lipinski definition) is 2. The summed E-state index contributed by atoms with van der Waals surface area (Å²) in [6.07, 6.45) is 6.36. The van der Waals surface area contributed by atoms with Gasteiger partial charge >= 0.3 is 0 Å². The van der Waals surface area contributed by atoms with E-state index in [1.54, 1.807) is 6.07 Å². The van der Waals surface area contributed by atoms with Gasteiger partial charge in [0.1, 0.15) is 11.4 Å². The summed E-state index contributed by atoms with van der Waals surface area (Å²) in [5.41, 5.74) is 1.88. The molecule has 2 fully saturated rings.